The lowest BCUT2D eigenvalue weighted by Gasteiger charge is -2.36. The molecule has 2 aliphatic rings. The molecule has 20 heavy (non-hydrogen) atoms. The molecule has 2 heteroatoms. The maximum atomic E-state index is 12.5. The van der Waals surface area contributed by atoms with Crippen LogP contribution in [0, 0.1) is 5.92 Å². The predicted octanol–water partition coefficient (Wildman–Crippen LogP) is 4.40. The van der Waals surface area contributed by atoms with Crippen LogP contribution < -0.4 is 0 Å². The summed E-state index contributed by atoms with van der Waals surface area (Å²) in [6, 6.07) is 7.79. The Morgan fingerprint density at radius 1 is 1.20 bits per heavy atom. The van der Waals surface area contributed by atoms with Gasteiger partial charge in [-0.25, -0.2) is 0 Å². The Kier molecular flexibility index (Phi) is 3.41. The van der Waals surface area contributed by atoms with Crippen molar-refractivity contribution in [2.75, 3.05) is 0 Å². The average Bonchev–Trinajstić information content (AvgIpc) is 2.47. The number of carbonyl (C=O) groups excluding carboxylic acids is 1. The minimum Gasteiger partial charge on any atom is -0.507 e. The standard InChI is InChI=1S/C18H22O2/c1-18(12-13-7-3-2-4-8-13)15-10-6-5-9-14(15)16(19)11-17(18)20/h5-6,9-11,13,19H,2-4,7-8,12H2,1H3. The molecular formula is C18H22O2. The number of aliphatic hydroxyl groups excluding tert-OH is 1. The zero-order chi connectivity index (χ0) is 14.2. The van der Waals surface area contributed by atoms with Crippen molar-refractivity contribution in [3.63, 3.8) is 0 Å². The molecule has 0 spiro atoms. The Morgan fingerprint density at radius 2 is 1.90 bits per heavy atom. The summed E-state index contributed by atoms with van der Waals surface area (Å²) < 4.78 is 0. The lowest BCUT2D eigenvalue weighted by molar-refractivity contribution is -0.120. The van der Waals surface area contributed by atoms with Gasteiger partial charge in [0.05, 0.1) is 5.41 Å². The minimum absolute atomic E-state index is 0.0549. The minimum atomic E-state index is -0.467. The van der Waals surface area contributed by atoms with Gasteiger partial charge in [-0.15, -0.1) is 0 Å². The molecule has 1 aromatic rings. The van der Waals surface area contributed by atoms with Crippen molar-refractivity contribution in [1.29, 1.82) is 0 Å². The third kappa shape index (κ3) is 2.17. The second-order valence-corrected chi connectivity index (χ2v) is 6.48. The highest BCUT2D eigenvalue weighted by Crippen LogP contribution is 2.43. The summed E-state index contributed by atoms with van der Waals surface area (Å²) >= 11 is 0. The van der Waals surface area contributed by atoms with Crippen LogP contribution in [0.5, 0.6) is 0 Å². The molecule has 1 aromatic carbocycles. The van der Waals surface area contributed by atoms with Crippen molar-refractivity contribution in [3.05, 3.63) is 41.5 Å². The molecule has 2 nitrogen and oxygen atoms in total. The van der Waals surface area contributed by atoms with Gasteiger partial charge in [-0.3, -0.25) is 4.79 Å². The van der Waals surface area contributed by atoms with E-state index < -0.39 is 5.41 Å². The Bertz CT molecular complexity index is 552. The zero-order valence-corrected chi connectivity index (χ0v) is 12.1. The fourth-order valence-electron chi connectivity index (χ4n) is 3.86. The van der Waals surface area contributed by atoms with Crippen LogP contribution in [0.1, 0.15) is 56.6 Å². The summed E-state index contributed by atoms with van der Waals surface area (Å²) in [6.07, 6.45) is 8.72. The predicted molar refractivity (Wildman–Crippen MR) is 80.6 cm³/mol. The maximum Gasteiger partial charge on any atom is 0.169 e. The quantitative estimate of drug-likeness (QED) is 0.865. The second-order valence-electron chi connectivity index (χ2n) is 6.48. The average molecular weight is 270 g/mol. The number of carbonyl (C=O) groups is 1. The summed E-state index contributed by atoms with van der Waals surface area (Å²) in [5.41, 5.74) is 1.35. The summed E-state index contributed by atoms with van der Waals surface area (Å²) in [5.74, 6) is 0.811. The first-order chi connectivity index (χ1) is 9.61. The van der Waals surface area contributed by atoms with E-state index in [-0.39, 0.29) is 11.5 Å². The third-order valence-electron chi connectivity index (χ3n) is 5.03. The van der Waals surface area contributed by atoms with E-state index in [2.05, 4.69) is 0 Å². The van der Waals surface area contributed by atoms with E-state index in [1.807, 2.05) is 31.2 Å². The molecular weight excluding hydrogens is 248 g/mol. The molecule has 0 amide bonds. The monoisotopic (exact) mass is 270 g/mol. The number of ketones is 1. The molecule has 1 atom stereocenters. The van der Waals surface area contributed by atoms with E-state index in [9.17, 15) is 9.90 Å². The maximum absolute atomic E-state index is 12.5. The first-order valence-corrected chi connectivity index (χ1v) is 7.66. The van der Waals surface area contributed by atoms with E-state index in [0.717, 1.165) is 17.5 Å². The SMILES string of the molecule is CC1(CC2CCCCC2)C(=O)C=C(O)c2ccccc21. The lowest BCUT2D eigenvalue weighted by Crippen LogP contribution is -2.37. The molecule has 0 radical (unpaired) electrons. The van der Waals surface area contributed by atoms with Crippen molar-refractivity contribution < 1.29 is 9.90 Å². The molecule has 0 aliphatic heterocycles. The molecule has 106 valence electrons. The largest absolute Gasteiger partial charge is 0.507 e. The van der Waals surface area contributed by atoms with Crippen LogP contribution in [0.15, 0.2) is 30.3 Å². The van der Waals surface area contributed by atoms with Crippen LogP contribution >= 0.6 is 0 Å². The summed E-state index contributed by atoms with van der Waals surface area (Å²) in [7, 11) is 0. The first kappa shape index (κ1) is 13.4. The normalized spacial score (nSPS) is 27.1. The summed E-state index contributed by atoms with van der Waals surface area (Å²) in [4.78, 5) is 12.5. The number of allylic oxidation sites excluding steroid dienone is 1. The van der Waals surface area contributed by atoms with Crippen molar-refractivity contribution in [2.24, 2.45) is 5.92 Å². The highest BCUT2D eigenvalue weighted by Gasteiger charge is 2.41. The Labute approximate surface area is 120 Å². The molecule has 2 aliphatic carbocycles. The van der Waals surface area contributed by atoms with Crippen molar-refractivity contribution >= 4 is 11.5 Å². The van der Waals surface area contributed by atoms with Crippen LogP contribution in [0.4, 0.5) is 0 Å². The molecule has 1 saturated carbocycles. The van der Waals surface area contributed by atoms with E-state index in [1.54, 1.807) is 0 Å². The van der Waals surface area contributed by atoms with Crippen LogP contribution in [-0.4, -0.2) is 10.9 Å². The topological polar surface area (TPSA) is 37.3 Å². The van der Waals surface area contributed by atoms with Gasteiger partial charge in [0.15, 0.2) is 5.78 Å². The highest BCUT2D eigenvalue weighted by molar-refractivity contribution is 6.06. The third-order valence-corrected chi connectivity index (χ3v) is 5.03. The van der Waals surface area contributed by atoms with Crippen LogP contribution in [0.25, 0.3) is 5.76 Å². The first-order valence-electron chi connectivity index (χ1n) is 7.66. The molecule has 0 aromatic heterocycles. The zero-order valence-electron chi connectivity index (χ0n) is 12.1. The van der Waals surface area contributed by atoms with Gasteiger partial charge in [-0.2, -0.15) is 0 Å². The van der Waals surface area contributed by atoms with E-state index >= 15 is 0 Å². The van der Waals surface area contributed by atoms with Gasteiger partial charge in [0.2, 0.25) is 0 Å². The van der Waals surface area contributed by atoms with Gasteiger partial charge >= 0.3 is 0 Å². The van der Waals surface area contributed by atoms with Crippen LogP contribution in [0.3, 0.4) is 0 Å². The Morgan fingerprint density at radius 3 is 2.65 bits per heavy atom. The lowest BCUT2D eigenvalue weighted by atomic mass is 9.66. The van der Waals surface area contributed by atoms with E-state index in [1.165, 1.54) is 38.2 Å². The molecule has 0 bridgehead atoms. The molecule has 1 fully saturated rings. The number of aliphatic hydroxyl groups is 1. The molecule has 1 N–H and O–H groups in total. The van der Waals surface area contributed by atoms with Crippen LogP contribution in [-0.2, 0) is 10.2 Å². The van der Waals surface area contributed by atoms with Gasteiger partial charge in [0.1, 0.15) is 5.76 Å². The van der Waals surface area contributed by atoms with Crippen molar-refractivity contribution in [2.45, 2.75) is 50.9 Å². The number of hydrogen-bond acceptors (Lipinski definition) is 2. The van der Waals surface area contributed by atoms with Gasteiger partial charge in [-0.05, 0) is 24.8 Å². The highest BCUT2D eigenvalue weighted by atomic mass is 16.3. The fourth-order valence-corrected chi connectivity index (χ4v) is 3.86. The number of fused-ring (bicyclic) bond motifs is 1. The summed E-state index contributed by atoms with van der Waals surface area (Å²) in [6.45, 7) is 2.05. The number of hydrogen-bond donors (Lipinski definition) is 1. The number of benzene rings is 1. The van der Waals surface area contributed by atoms with Crippen LogP contribution in [0.2, 0.25) is 0 Å². The molecule has 0 saturated heterocycles. The van der Waals surface area contributed by atoms with Gasteiger partial charge in [0, 0.05) is 11.6 Å². The molecule has 1 unspecified atom stereocenters. The van der Waals surface area contributed by atoms with E-state index in [4.69, 9.17) is 0 Å². The van der Waals surface area contributed by atoms with Gasteiger partial charge < -0.3 is 5.11 Å². The van der Waals surface area contributed by atoms with Gasteiger partial charge in [-0.1, -0.05) is 56.4 Å². The molecule has 3 rings (SSSR count). The smallest absolute Gasteiger partial charge is 0.169 e. The Balaban J connectivity index is 1.96. The van der Waals surface area contributed by atoms with Crippen molar-refractivity contribution in [3.8, 4) is 0 Å². The molecule has 0 heterocycles. The second kappa shape index (κ2) is 5.08. The summed E-state index contributed by atoms with van der Waals surface area (Å²) in [5, 5.41) is 10.0. The Hall–Kier alpha value is -1.57. The number of rotatable bonds is 2. The van der Waals surface area contributed by atoms with Crippen molar-refractivity contribution in [1.82, 2.24) is 0 Å². The van der Waals surface area contributed by atoms with Gasteiger partial charge in [0.25, 0.3) is 0 Å². The van der Waals surface area contributed by atoms with E-state index in [0.29, 0.717) is 5.92 Å². The fraction of sp³-hybridized carbons (Fsp3) is 0.500.